The molecule has 1 aliphatic rings. The molecule has 0 saturated carbocycles. The maximum atomic E-state index is 10.2. The van der Waals surface area contributed by atoms with Gasteiger partial charge in [0.25, 0.3) is 0 Å². The van der Waals surface area contributed by atoms with Gasteiger partial charge >= 0.3 is 0 Å². The van der Waals surface area contributed by atoms with E-state index in [4.69, 9.17) is 10.5 Å². The Labute approximate surface area is 132 Å². The van der Waals surface area contributed by atoms with Crippen molar-refractivity contribution in [2.24, 2.45) is 0 Å². The van der Waals surface area contributed by atoms with Gasteiger partial charge in [-0.3, -0.25) is 4.57 Å². The molecule has 1 fully saturated rings. The van der Waals surface area contributed by atoms with Crippen LogP contribution in [0.4, 0.5) is 5.82 Å². The first-order chi connectivity index (χ1) is 11.1. The minimum Gasteiger partial charge on any atom is -0.394 e. The maximum absolute atomic E-state index is 10.2. The second-order valence-electron chi connectivity index (χ2n) is 5.68. The van der Waals surface area contributed by atoms with Gasteiger partial charge < -0.3 is 25.8 Å². The Morgan fingerprint density at radius 3 is 2.74 bits per heavy atom. The second-order valence-corrected chi connectivity index (χ2v) is 5.68. The summed E-state index contributed by atoms with van der Waals surface area (Å²) in [5.41, 5.74) is 6.80. The Kier molecular flexibility index (Phi) is 4.44. The van der Waals surface area contributed by atoms with Crippen molar-refractivity contribution in [3.8, 4) is 0 Å². The number of anilines is 1. The topological polar surface area (TPSA) is 140 Å². The van der Waals surface area contributed by atoms with Gasteiger partial charge in [0.2, 0.25) is 0 Å². The van der Waals surface area contributed by atoms with Crippen molar-refractivity contribution in [2.45, 2.75) is 50.7 Å². The largest absolute Gasteiger partial charge is 0.394 e. The molecular weight excluding hydrogens is 302 g/mol. The van der Waals surface area contributed by atoms with Crippen molar-refractivity contribution in [1.82, 2.24) is 19.5 Å². The summed E-state index contributed by atoms with van der Waals surface area (Å²) in [7, 11) is 0. The number of ether oxygens (including phenoxy) is 1. The molecular formula is C14H21N5O4. The van der Waals surface area contributed by atoms with Gasteiger partial charge in [0.15, 0.2) is 17.7 Å². The van der Waals surface area contributed by atoms with Gasteiger partial charge in [0.1, 0.15) is 29.7 Å². The van der Waals surface area contributed by atoms with E-state index in [2.05, 4.69) is 21.9 Å². The van der Waals surface area contributed by atoms with Gasteiger partial charge in [-0.15, -0.1) is 0 Å². The number of hydrogen-bond donors (Lipinski definition) is 4. The fourth-order valence-corrected chi connectivity index (χ4v) is 2.73. The van der Waals surface area contributed by atoms with Crippen LogP contribution in [0.3, 0.4) is 0 Å². The number of hydrogen-bond acceptors (Lipinski definition) is 8. The zero-order chi connectivity index (χ0) is 16.6. The quantitative estimate of drug-likeness (QED) is 0.570. The molecule has 1 aliphatic heterocycles. The van der Waals surface area contributed by atoms with Crippen LogP contribution in [-0.4, -0.2) is 59.8 Å². The van der Waals surface area contributed by atoms with Crippen LogP contribution in [0, 0.1) is 0 Å². The fraction of sp³-hybridized carbons (Fsp3) is 0.643. The van der Waals surface area contributed by atoms with E-state index in [1.807, 2.05) is 0 Å². The molecule has 2 aromatic rings. The van der Waals surface area contributed by atoms with Crippen molar-refractivity contribution < 1.29 is 20.1 Å². The third-order valence-corrected chi connectivity index (χ3v) is 4.04. The molecule has 4 atom stereocenters. The number of aliphatic hydroxyl groups excluding tert-OH is 3. The minimum atomic E-state index is -1.19. The van der Waals surface area contributed by atoms with Gasteiger partial charge in [-0.05, 0) is 6.42 Å². The predicted molar refractivity (Wildman–Crippen MR) is 81.4 cm³/mol. The fourth-order valence-electron chi connectivity index (χ4n) is 2.73. The van der Waals surface area contributed by atoms with Crippen molar-refractivity contribution >= 4 is 17.0 Å². The van der Waals surface area contributed by atoms with Crippen molar-refractivity contribution in [3.63, 3.8) is 0 Å². The minimum absolute atomic E-state index is 0.270. The summed E-state index contributed by atoms with van der Waals surface area (Å²) in [6.07, 6.45) is -0.0348. The van der Waals surface area contributed by atoms with Crippen molar-refractivity contribution in [2.75, 3.05) is 12.3 Å². The Bertz CT molecular complexity index is 691. The summed E-state index contributed by atoms with van der Waals surface area (Å²) in [5.74, 6) is 0.872. The van der Waals surface area contributed by atoms with Gasteiger partial charge in [-0.2, -0.15) is 0 Å². The summed E-state index contributed by atoms with van der Waals surface area (Å²) in [5, 5.41) is 29.3. The zero-order valence-electron chi connectivity index (χ0n) is 12.8. The predicted octanol–water partition coefficient (Wildman–Crippen LogP) is -0.637. The van der Waals surface area contributed by atoms with Crippen LogP contribution in [0.5, 0.6) is 0 Å². The highest BCUT2D eigenvalue weighted by Gasteiger charge is 2.44. The van der Waals surface area contributed by atoms with Gasteiger partial charge in [-0.1, -0.05) is 13.3 Å². The average Bonchev–Trinajstić information content (AvgIpc) is 3.08. The third-order valence-electron chi connectivity index (χ3n) is 4.04. The number of aryl methyl sites for hydroxylation is 1. The molecule has 1 saturated heterocycles. The van der Waals surface area contributed by atoms with Crippen LogP contribution in [0.25, 0.3) is 11.2 Å². The highest BCUT2D eigenvalue weighted by atomic mass is 16.6. The highest BCUT2D eigenvalue weighted by molar-refractivity contribution is 5.81. The molecule has 0 amide bonds. The molecule has 1 unspecified atom stereocenters. The van der Waals surface area contributed by atoms with Crippen LogP contribution in [0.15, 0.2) is 6.33 Å². The van der Waals surface area contributed by atoms with Gasteiger partial charge in [0, 0.05) is 6.42 Å². The molecule has 126 valence electrons. The SMILES string of the molecule is CCCCc1nc(N)c2ncn(C3O[C@H](CO)[C@@H](O)[C@H]3O)c2n1. The molecule has 0 radical (unpaired) electrons. The Morgan fingerprint density at radius 1 is 1.30 bits per heavy atom. The molecule has 0 aliphatic carbocycles. The molecule has 23 heavy (non-hydrogen) atoms. The average molecular weight is 323 g/mol. The Hall–Kier alpha value is -1.81. The molecule has 9 heteroatoms. The molecule has 9 nitrogen and oxygen atoms in total. The van der Waals surface area contributed by atoms with Crippen LogP contribution in [0.2, 0.25) is 0 Å². The van der Waals surface area contributed by atoms with E-state index < -0.39 is 24.5 Å². The number of unbranched alkanes of at least 4 members (excludes halogenated alkanes) is 1. The van der Waals surface area contributed by atoms with Crippen LogP contribution < -0.4 is 5.73 Å². The smallest absolute Gasteiger partial charge is 0.167 e. The van der Waals surface area contributed by atoms with E-state index in [-0.39, 0.29) is 12.4 Å². The number of rotatable bonds is 5. The number of nitrogens with two attached hydrogens (primary N) is 1. The van der Waals surface area contributed by atoms with Gasteiger partial charge in [-0.25, -0.2) is 15.0 Å². The molecule has 3 rings (SSSR count). The van der Waals surface area contributed by atoms with Crippen LogP contribution in [-0.2, 0) is 11.2 Å². The number of nitrogens with zero attached hydrogens (tertiary/aromatic N) is 4. The summed E-state index contributed by atoms with van der Waals surface area (Å²) >= 11 is 0. The number of aromatic nitrogens is 4. The van der Waals surface area contributed by atoms with E-state index in [1.165, 1.54) is 10.9 Å². The van der Waals surface area contributed by atoms with Gasteiger partial charge in [0.05, 0.1) is 12.9 Å². The maximum Gasteiger partial charge on any atom is 0.167 e. The second kappa shape index (κ2) is 6.36. The molecule has 5 N–H and O–H groups in total. The summed E-state index contributed by atoms with van der Waals surface area (Å²) in [4.78, 5) is 12.9. The first-order valence-electron chi connectivity index (χ1n) is 7.68. The van der Waals surface area contributed by atoms with E-state index >= 15 is 0 Å². The number of nitrogen functional groups attached to an aromatic ring is 1. The number of aliphatic hydroxyl groups is 3. The molecule has 3 heterocycles. The Balaban J connectivity index is 1.99. The lowest BCUT2D eigenvalue weighted by molar-refractivity contribution is -0.0511. The summed E-state index contributed by atoms with van der Waals surface area (Å²) in [6, 6.07) is 0. The summed E-state index contributed by atoms with van der Waals surface area (Å²) in [6.45, 7) is 1.69. The Morgan fingerprint density at radius 2 is 2.09 bits per heavy atom. The first kappa shape index (κ1) is 16.1. The lowest BCUT2D eigenvalue weighted by Crippen LogP contribution is -2.33. The standard InChI is InChI=1S/C14H21N5O4/c1-2-3-4-8-17-12(15)9-13(18-8)19(6-16-9)14-11(22)10(21)7(5-20)23-14/h6-7,10-11,14,20-22H,2-5H2,1H3,(H2,15,17,18)/t7-,10-,11-,14?/m1/s1. The van der Waals surface area contributed by atoms with E-state index in [9.17, 15) is 15.3 Å². The molecule has 0 spiro atoms. The molecule has 0 bridgehead atoms. The third kappa shape index (κ3) is 2.76. The van der Waals surface area contributed by atoms with Crippen molar-refractivity contribution in [3.05, 3.63) is 12.2 Å². The van der Waals surface area contributed by atoms with Crippen LogP contribution >= 0.6 is 0 Å². The zero-order valence-corrected chi connectivity index (χ0v) is 12.8. The lowest BCUT2D eigenvalue weighted by atomic mass is 10.1. The molecule has 2 aromatic heterocycles. The van der Waals surface area contributed by atoms with E-state index in [0.717, 1.165) is 12.8 Å². The molecule has 0 aromatic carbocycles. The lowest BCUT2D eigenvalue weighted by Gasteiger charge is -2.16. The monoisotopic (exact) mass is 323 g/mol. The van der Waals surface area contributed by atoms with Crippen LogP contribution in [0.1, 0.15) is 31.8 Å². The normalized spacial score (nSPS) is 27.8. The van der Waals surface area contributed by atoms with Crippen molar-refractivity contribution in [1.29, 1.82) is 0 Å². The summed E-state index contributed by atoms with van der Waals surface area (Å²) < 4.78 is 7.04. The number of imidazole rings is 1. The first-order valence-corrected chi connectivity index (χ1v) is 7.68. The number of fused-ring (bicyclic) bond motifs is 1. The highest BCUT2D eigenvalue weighted by Crippen LogP contribution is 2.31. The van der Waals surface area contributed by atoms with E-state index in [0.29, 0.717) is 23.4 Å². The van der Waals surface area contributed by atoms with E-state index in [1.54, 1.807) is 0 Å².